The molecule has 0 amide bonds. The first kappa shape index (κ1) is 15.6. The Hall–Kier alpha value is -1.79. The van der Waals surface area contributed by atoms with Gasteiger partial charge in [0.1, 0.15) is 17.5 Å². The minimum atomic E-state index is -0.470. The van der Waals surface area contributed by atoms with Crippen LogP contribution in [0.4, 0.5) is 5.69 Å². The van der Waals surface area contributed by atoms with Crippen molar-refractivity contribution in [3.05, 3.63) is 50.3 Å². The fourth-order valence-corrected chi connectivity index (χ4v) is 2.35. The molecule has 1 heterocycles. The minimum Gasteiger partial charge on any atom is -0.488 e. The highest BCUT2D eigenvalue weighted by molar-refractivity contribution is 6.30. The Morgan fingerprint density at radius 2 is 2.19 bits per heavy atom. The van der Waals surface area contributed by atoms with E-state index in [1.807, 2.05) is 6.92 Å². The second-order valence-corrected chi connectivity index (χ2v) is 5.08. The number of aromatic nitrogens is 2. The molecule has 2 aromatic rings. The Morgan fingerprint density at radius 1 is 1.48 bits per heavy atom. The third kappa shape index (κ3) is 3.28. The molecule has 0 fully saturated rings. The third-order valence-electron chi connectivity index (χ3n) is 3.04. The molecule has 0 saturated carbocycles. The number of hydrogen-bond acceptors (Lipinski definition) is 4. The van der Waals surface area contributed by atoms with E-state index in [-0.39, 0.29) is 18.2 Å². The van der Waals surface area contributed by atoms with E-state index in [2.05, 4.69) is 5.10 Å². The minimum absolute atomic E-state index is 0.0198. The van der Waals surface area contributed by atoms with E-state index in [9.17, 15) is 10.1 Å². The molecule has 0 aliphatic rings. The van der Waals surface area contributed by atoms with E-state index in [1.165, 1.54) is 18.2 Å². The van der Waals surface area contributed by atoms with Crippen molar-refractivity contribution in [2.24, 2.45) is 7.05 Å². The van der Waals surface area contributed by atoms with E-state index in [0.29, 0.717) is 16.5 Å². The average molecular weight is 330 g/mol. The van der Waals surface area contributed by atoms with Crippen LogP contribution in [0.25, 0.3) is 0 Å². The van der Waals surface area contributed by atoms with Gasteiger partial charge in [-0.2, -0.15) is 5.10 Å². The summed E-state index contributed by atoms with van der Waals surface area (Å²) in [5.41, 5.74) is 2.09. The second-order valence-electron chi connectivity index (χ2n) is 4.45. The van der Waals surface area contributed by atoms with E-state index < -0.39 is 4.92 Å². The van der Waals surface area contributed by atoms with Gasteiger partial charge >= 0.3 is 0 Å². The van der Waals surface area contributed by atoms with Crippen LogP contribution in [0, 0.1) is 17.0 Å². The van der Waals surface area contributed by atoms with E-state index in [4.69, 9.17) is 27.9 Å². The quantitative estimate of drug-likeness (QED) is 0.477. The molecule has 0 radical (unpaired) electrons. The fraction of sp³-hybridized carbons (Fsp3) is 0.308. The first-order valence-corrected chi connectivity index (χ1v) is 6.99. The SMILES string of the molecule is Cc1nn(C)c(Cl)c1COc1ccc([N+](=O)[O-])cc1CCl. The van der Waals surface area contributed by atoms with Crippen LogP contribution in [0.2, 0.25) is 5.15 Å². The third-order valence-corrected chi connectivity index (χ3v) is 3.80. The first-order chi connectivity index (χ1) is 9.93. The molecule has 0 N–H and O–H groups in total. The zero-order valence-corrected chi connectivity index (χ0v) is 13.0. The zero-order chi connectivity index (χ0) is 15.6. The highest BCUT2D eigenvalue weighted by Crippen LogP contribution is 2.28. The maximum atomic E-state index is 10.7. The number of benzene rings is 1. The fourth-order valence-electron chi connectivity index (χ4n) is 1.91. The summed E-state index contributed by atoms with van der Waals surface area (Å²) in [4.78, 5) is 10.3. The normalized spacial score (nSPS) is 10.7. The summed E-state index contributed by atoms with van der Waals surface area (Å²) in [6.07, 6.45) is 0. The van der Waals surface area contributed by atoms with Crippen LogP contribution in [0.5, 0.6) is 5.75 Å². The molecule has 1 aromatic heterocycles. The van der Waals surface area contributed by atoms with Gasteiger partial charge in [0.15, 0.2) is 0 Å². The number of halogens is 2. The monoisotopic (exact) mass is 329 g/mol. The van der Waals surface area contributed by atoms with Crippen molar-refractivity contribution in [2.45, 2.75) is 19.4 Å². The largest absolute Gasteiger partial charge is 0.488 e. The molecule has 6 nitrogen and oxygen atoms in total. The number of nitrogens with zero attached hydrogens (tertiary/aromatic N) is 3. The smallest absolute Gasteiger partial charge is 0.270 e. The van der Waals surface area contributed by atoms with Crippen LogP contribution in [-0.4, -0.2) is 14.7 Å². The Kier molecular flexibility index (Phi) is 4.69. The zero-order valence-electron chi connectivity index (χ0n) is 11.5. The van der Waals surface area contributed by atoms with E-state index >= 15 is 0 Å². The van der Waals surface area contributed by atoms with Gasteiger partial charge in [0, 0.05) is 30.3 Å². The van der Waals surface area contributed by atoms with Crippen molar-refractivity contribution in [2.75, 3.05) is 0 Å². The van der Waals surface area contributed by atoms with Crippen LogP contribution in [-0.2, 0) is 19.5 Å². The summed E-state index contributed by atoms with van der Waals surface area (Å²) < 4.78 is 7.24. The van der Waals surface area contributed by atoms with Gasteiger partial charge in [-0.15, -0.1) is 11.6 Å². The molecule has 0 aliphatic heterocycles. The van der Waals surface area contributed by atoms with Gasteiger partial charge in [-0.1, -0.05) is 11.6 Å². The predicted octanol–water partition coefficient (Wildman–Crippen LogP) is 3.61. The summed E-state index contributed by atoms with van der Waals surface area (Å²) >= 11 is 11.9. The molecule has 1 aromatic carbocycles. The van der Waals surface area contributed by atoms with Crippen LogP contribution in [0.3, 0.4) is 0 Å². The van der Waals surface area contributed by atoms with E-state index in [0.717, 1.165) is 11.3 Å². The van der Waals surface area contributed by atoms with Gasteiger partial charge in [-0.25, -0.2) is 0 Å². The summed E-state index contributed by atoms with van der Waals surface area (Å²) in [5, 5.41) is 15.4. The molecule has 0 unspecified atom stereocenters. The van der Waals surface area contributed by atoms with Crippen molar-refractivity contribution < 1.29 is 9.66 Å². The lowest BCUT2D eigenvalue weighted by molar-refractivity contribution is -0.384. The average Bonchev–Trinajstić information content (AvgIpc) is 2.70. The Labute approximate surface area is 131 Å². The van der Waals surface area contributed by atoms with Crippen molar-refractivity contribution in [1.82, 2.24) is 9.78 Å². The number of non-ortho nitro benzene ring substituents is 1. The van der Waals surface area contributed by atoms with Gasteiger partial charge < -0.3 is 4.74 Å². The van der Waals surface area contributed by atoms with Gasteiger partial charge in [0.25, 0.3) is 5.69 Å². The topological polar surface area (TPSA) is 70.2 Å². The first-order valence-electron chi connectivity index (χ1n) is 6.08. The molecule has 0 bridgehead atoms. The lowest BCUT2D eigenvalue weighted by Crippen LogP contribution is -2.00. The molecule has 2 rings (SSSR count). The summed E-state index contributed by atoms with van der Waals surface area (Å²) in [7, 11) is 1.74. The van der Waals surface area contributed by atoms with Crippen molar-refractivity contribution in [1.29, 1.82) is 0 Å². The highest BCUT2D eigenvalue weighted by atomic mass is 35.5. The number of rotatable bonds is 5. The summed E-state index contributed by atoms with van der Waals surface area (Å²) in [5.74, 6) is 0.617. The number of alkyl halides is 1. The predicted molar refractivity (Wildman–Crippen MR) is 79.9 cm³/mol. The molecule has 21 heavy (non-hydrogen) atoms. The Morgan fingerprint density at radius 3 is 2.71 bits per heavy atom. The number of ether oxygens (including phenoxy) is 1. The standard InChI is InChI=1S/C13H13Cl2N3O3/c1-8-11(13(15)17(2)16-8)7-21-12-4-3-10(18(19)20)5-9(12)6-14/h3-5H,6-7H2,1-2H3. The number of nitro groups is 1. The molecular formula is C13H13Cl2N3O3. The van der Waals surface area contributed by atoms with Crippen LogP contribution < -0.4 is 4.74 Å². The van der Waals surface area contributed by atoms with Crippen LogP contribution in [0.1, 0.15) is 16.8 Å². The van der Waals surface area contributed by atoms with Crippen molar-refractivity contribution in [3.8, 4) is 5.75 Å². The van der Waals surface area contributed by atoms with Gasteiger partial charge in [0.2, 0.25) is 0 Å². The van der Waals surface area contributed by atoms with Crippen LogP contribution >= 0.6 is 23.2 Å². The maximum absolute atomic E-state index is 10.7. The summed E-state index contributed by atoms with van der Waals surface area (Å²) in [6, 6.07) is 4.32. The lowest BCUT2D eigenvalue weighted by atomic mass is 10.2. The van der Waals surface area contributed by atoms with Crippen molar-refractivity contribution >= 4 is 28.9 Å². The molecule has 0 atom stereocenters. The van der Waals surface area contributed by atoms with Gasteiger partial charge in [-0.3, -0.25) is 14.8 Å². The molecule has 0 aliphatic carbocycles. The van der Waals surface area contributed by atoms with Crippen molar-refractivity contribution in [3.63, 3.8) is 0 Å². The highest BCUT2D eigenvalue weighted by Gasteiger charge is 2.15. The lowest BCUT2D eigenvalue weighted by Gasteiger charge is -2.09. The number of hydrogen-bond donors (Lipinski definition) is 0. The number of aryl methyl sites for hydroxylation is 2. The molecular weight excluding hydrogens is 317 g/mol. The molecule has 0 saturated heterocycles. The molecule has 8 heteroatoms. The van der Waals surface area contributed by atoms with Gasteiger partial charge in [-0.05, 0) is 13.0 Å². The number of nitro benzene ring substituents is 1. The molecule has 0 spiro atoms. The Bertz CT molecular complexity index is 686. The second kappa shape index (κ2) is 6.32. The molecule has 112 valence electrons. The maximum Gasteiger partial charge on any atom is 0.270 e. The Balaban J connectivity index is 2.22. The van der Waals surface area contributed by atoms with E-state index in [1.54, 1.807) is 11.7 Å². The van der Waals surface area contributed by atoms with Crippen LogP contribution in [0.15, 0.2) is 18.2 Å². The van der Waals surface area contributed by atoms with Gasteiger partial charge in [0.05, 0.1) is 16.5 Å². The summed E-state index contributed by atoms with van der Waals surface area (Å²) in [6.45, 7) is 2.06.